The smallest absolute Gasteiger partial charge is 0.194 e. The number of nitrogens with zero attached hydrogens (tertiary/aromatic N) is 2. The van der Waals surface area contributed by atoms with E-state index >= 15 is 0 Å². The standard InChI is InChI=1S/C43H50N2O2/c1-28-11-19-32(20-12-28)42(33-21-13-29(2)14-22-33)38(40(5,6)7)44-36(46-42)27-37-45-39(41(8,9)10)43(47-37,34-23-15-30(3)16-24-34)35-25-17-31(4)18-26-35/h11-26,38-39H,27H2,1-10H3/t38-,39-/m1/s1. The highest BCUT2D eigenvalue weighted by Crippen LogP contribution is 2.52. The summed E-state index contributed by atoms with van der Waals surface area (Å²) in [5.74, 6) is 1.31. The van der Waals surface area contributed by atoms with Gasteiger partial charge in [-0.05, 0) is 38.5 Å². The Hall–Kier alpha value is -4.18. The van der Waals surface area contributed by atoms with E-state index in [1.165, 1.54) is 22.3 Å². The number of hydrogen-bond acceptors (Lipinski definition) is 4. The van der Waals surface area contributed by atoms with Gasteiger partial charge in [-0.15, -0.1) is 0 Å². The first-order valence-electron chi connectivity index (χ1n) is 16.9. The molecule has 4 aromatic rings. The molecule has 0 spiro atoms. The van der Waals surface area contributed by atoms with Crippen LogP contribution in [0.25, 0.3) is 0 Å². The van der Waals surface area contributed by atoms with Crippen molar-refractivity contribution >= 4 is 11.8 Å². The summed E-state index contributed by atoms with van der Waals surface area (Å²) >= 11 is 0. The SMILES string of the molecule is Cc1ccc(C2(c3ccc(C)cc3)OC(CC3=N[C@H](C(C)(C)C)C(c4ccc(C)cc4)(c4ccc(C)cc4)O3)=N[C@@H]2C(C)(C)C)cc1. The van der Waals surface area contributed by atoms with E-state index in [4.69, 9.17) is 19.5 Å². The average Bonchev–Trinajstić information content (AvgIpc) is 3.60. The highest BCUT2D eigenvalue weighted by molar-refractivity contribution is 5.99. The fraction of sp³-hybridized carbons (Fsp3) is 0.395. The molecule has 0 bridgehead atoms. The summed E-state index contributed by atoms with van der Waals surface area (Å²) in [5, 5.41) is 0. The van der Waals surface area contributed by atoms with Gasteiger partial charge in [-0.25, -0.2) is 9.98 Å². The van der Waals surface area contributed by atoms with E-state index in [2.05, 4.69) is 166 Å². The normalized spacial score (nSPS) is 20.3. The molecule has 0 N–H and O–H groups in total. The molecule has 0 aromatic heterocycles. The maximum Gasteiger partial charge on any atom is 0.194 e. The van der Waals surface area contributed by atoms with Crippen molar-refractivity contribution in [1.29, 1.82) is 0 Å². The number of hydrogen-bond donors (Lipinski definition) is 0. The Kier molecular flexibility index (Phi) is 8.23. The maximum atomic E-state index is 7.22. The summed E-state index contributed by atoms with van der Waals surface area (Å²) < 4.78 is 14.4. The quantitative estimate of drug-likeness (QED) is 0.214. The first-order valence-corrected chi connectivity index (χ1v) is 16.9. The molecule has 4 nitrogen and oxygen atoms in total. The minimum absolute atomic E-state index is 0.171. The topological polar surface area (TPSA) is 43.2 Å². The number of rotatable bonds is 6. The number of ether oxygens (including phenoxy) is 2. The largest absolute Gasteiger partial charge is 0.462 e. The molecular weight excluding hydrogens is 576 g/mol. The van der Waals surface area contributed by atoms with E-state index in [9.17, 15) is 0 Å². The third-order valence-electron chi connectivity index (χ3n) is 9.74. The van der Waals surface area contributed by atoms with Crippen molar-refractivity contribution in [1.82, 2.24) is 0 Å². The zero-order valence-electron chi connectivity index (χ0n) is 29.8. The summed E-state index contributed by atoms with van der Waals surface area (Å²) in [5.41, 5.74) is 7.27. The summed E-state index contributed by atoms with van der Waals surface area (Å²) in [7, 11) is 0. The van der Waals surface area contributed by atoms with Crippen LogP contribution in [0.15, 0.2) is 107 Å². The predicted octanol–water partition coefficient (Wildman–Crippen LogP) is 10.2. The van der Waals surface area contributed by atoms with Crippen LogP contribution in [-0.4, -0.2) is 23.9 Å². The minimum atomic E-state index is -0.789. The first-order chi connectivity index (χ1) is 22.1. The van der Waals surface area contributed by atoms with E-state index in [0.29, 0.717) is 18.2 Å². The summed E-state index contributed by atoms with van der Waals surface area (Å²) in [6.07, 6.45) is 0.373. The molecule has 4 aromatic carbocycles. The van der Waals surface area contributed by atoms with E-state index in [-0.39, 0.29) is 22.9 Å². The fourth-order valence-electron chi connectivity index (χ4n) is 7.31. The van der Waals surface area contributed by atoms with Gasteiger partial charge in [-0.3, -0.25) is 0 Å². The van der Waals surface area contributed by atoms with E-state index in [0.717, 1.165) is 22.3 Å². The Morgan fingerprint density at radius 2 is 0.681 bits per heavy atom. The molecule has 0 saturated carbocycles. The summed E-state index contributed by atoms with van der Waals surface area (Å²) in [4.78, 5) is 10.8. The van der Waals surface area contributed by atoms with Crippen LogP contribution >= 0.6 is 0 Å². The zero-order valence-corrected chi connectivity index (χ0v) is 29.8. The molecule has 0 unspecified atom stereocenters. The third-order valence-corrected chi connectivity index (χ3v) is 9.74. The van der Waals surface area contributed by atoms with Gasteiger partial charge < -0.3 is 9.47 Å². The number of benzene rings is 4. The molecule has 0 aliphatic carbocycles. The Morgan fingerprint density at radius 1 is 0.447 bits per heavy atom. The third kappa shape index (κ3) is 5.92. The Morgan fingerprint density at radius 3 is 0.894 bits per heavy atom. The lowest BCUT2D eigenvalue weighted by Crippen LogP contribution is -2.46. The maximum absolute atomic E-state index is 7.22. The Bertz CT molecular complexity index is 1560. The molecule has 2 heterocycles. The van der Waals surface area contributed by atoms with Crippen LogP contribution in [0.5, 0.6) is 0 Å². The van der Waals surface area contributed by atoms with Crippen molar-refractivity contribution in [3.8, 4) is 0 Å². The summed E-state index contributed by atoms with van der Waals surface area (Å²) in [6.45, 7) is 22.0. The molecule has 0 radical (unpaired) electrons. The van der Waals surface area contributed by atoms with Crippen LogP contribution in [0.1, 0.15) is 92.5 Å². The number of aryl methyl sites for hydroxylation is 4. The minimum Gasteiger partial charge on any atom is -0.462 e. The van der Waals surface area contributed by atoms with Gasteiger partial charge in [-0.2, -0.15) is 0 Å². The van der Waals surface area contributed by atoms with Crippen molar-refractivity contribution in [2.24, 2.45) is 20.8 Å². The van der Waals surface area contributed by atoms with Crippen LogP contribution in [0.4, 0.5) is 0 Å². The van der Waals surface area contributed by atoms with Gasteiger partial charge in [0.25, 0.3) is 0 Å². The van der Waals surface area contributed by atoms with Crippen molar-refractivity contribution in [2.45, 2.75) is 98.9 Å². The lowest BCUT2D eigenvalue weighted by molar-refractivity contribution is 0.0484. The molecule has 2 aliphatic rings. The number of aliphatic imine (C=N–C) groups is 2. The Balaban J connectivity index is 1.46. The van der Waals surface area contributed by atoms with Crippen molar-refractivity contribution in [2.75, 3.05) is 0 Å². The second-order valence-electron chi connectivity index (χ2n) is 15.9. The van der Waals surface area contributed by atoms with Gasteiger partial charge in [0.1, 0.15) is 12.1 Å². The molecule has 4 heteroatoms. The van der Waals surface area contributed by atoms with Crippen molar-refractivity contribution < 1.29 is 9.47 Å². The second-order valence-corrected chi connectivity index (χ2v) is 15.9. The molecule has 0 saturated heterocycles. The van der Waals surface area contributed by atoms with Gasteiger partial charge >= 0.3 is 0 Å². The fourth-order valence-corrected chi connectivity index (χ4v) is 7.31. The van der Waals surface area contributed by atoms with E-state index in [1.54, 1.807) is 0 Å². The van der Waals surface area contributed by atoms with E-state index in [1.807, 2.05) is 0 Å². The van der Waals surface area contributed by atoms with Crippen LogP contribution < -0.4 is 0 Å². The summed E-state index contributed by atoms with van der Waals surface area (Å²) in [6, 6.07) is 34.6. The monoisotopic (exact) mass is 626 g/mol. The molecule has 2 atom stereocenters. The molecule has 0 fully saturated rings. The molecule has 0 amide bonds. The van der Waals surface area contributed by atoms with Crippen LogP contribution in [0, 0.1) is 38.5 Å². The van der Waals surface area contributed by atoms with Gasteiger partial charge in [-0.1, -0.05) is 161 Å². The van der Waals surface area contributed by atoms with Gasteiger partial charge in [0.15, 0.2) is 23.0 Å². The van der Waals surface area contributed by atoms with Gasteiger partial charge in [0, 0.05) is 22.3 Å². The zero-order chi connectivity index (χ0) is 33.8. The lowest BCUT2D eigenvalue weighted by Gasteiger charge is -2.41. The molecule has 6 rings (SSSR count). The van der Waals surface area contributed by atoms with Crippen molar-refractivity contribution in [3.63, 3.8) is 0 Å². The first kappa shape index (κ1) is 32.7. The predicted molar refractivity (Wildman–Crippen MR) is 194 cm³/mol. The van der Waals surface area contributed by atoms with Crippen molar-refractivity contribution in [3.05, 3.63) is 142 Å². The molecule has 2 aliphatic heterocycles. The second kappa shape index (κ2) is 11.8. The van der Waals surface area contributed by atoms with E-state index < -0.39 is 11.2 Å². The van der Waals surface area contributed by atoms with Crippen LogP contribution in [-0.2, 0) is 20.7 Å². The molecular formula is C43H50N2O2. The van der Waals surface area contributed by atoms with Crippen LogP contribution in [0.3, 0.4) is 0 Å². The molecule has 244 valence electrons. The molecule has 47 heavy (non-hydrogen) atoms. The highest BCUT2D eigenvalue weighted by Gasteiger charge is 2.57. The lowest BCUT2D eigenvalue weighted by atomic mass is 9.70. The highest BCUT2D eigenvalue weighted by atomic mass is 16.5. The Labute approximate surface area is 282 Å². The average molecular weight is 627 g/mol. The van der Waals surface area contributed by atoms with Gasteiger partial charge in [0.05, 0.1) is 6.42 Å². The van der Waals surface area contributed by atoms with Crippen LogP contribution in [0.2, 0.25) is 0 Å². The van der Waals surface area contributed by atoms with Gasteiger partial charge in [0.2, 0.25) is 0 Å².